The lowest BCUT2D eigenvalue weighted by Crippen LogP contribution is -2.69. The molecule has 4 bridgehead atoms. The minimum atomic E-state index is -0.973. The Morgan fingerprint density at radius 1 is 0.789 bits per heavy atom. The second-order valence-electron chi connectivity index (χ2n) is 10.8. The molecule has 6 saturated heterocycles. The standard InChI is InChI=1S/C27H35N3O8/c1-35-14-26(22(31)18-5-9-29(26)10-6-18)16-37-24(33)20-3-4-21(28-13-20)25(34)38-17-27(15-36-2)23(32)19-7-11-30(27)12-8-19/h3-4,13,18-19H,5-12,14-17H2,1-2H3/t26-,27-/m1/s1. The molecule has 0 aromatic carbocycles. The van der Waals surface area contributed by atoms with E-state index in [-0.39, 0.29) is 61.1 Å². The number of ketones is 2. The molecule has 0 radical (unpaired) electrons. The number of carbonyl (C=O) groups excluding carboxylic acids is 4. The van der Waals surface area contributed by atoms with E-state index in [2.05, 4.69) is 14.8 Å². The van der Waals surface area contributed by atoms with Crippen LogP contribution in [0.4, 0.5) is 0 Å². The van der Waals surface area contributed by atoms with E-state index in [4.69, 9.17) is 18.9 Å². The van der Waals surface area contributed by atoms with Crippen molar-refractivity contribution < 1.29 is 38.1 Å². The number of hydrogen-bond donors (Lipinski definition) is 0. The molecule has 6 aliphatic heterocycles. The summed E-state index contributed by atoms with van der Waals surface area (Å²) in [6.07, 6.45) is 4.52. The van der Waals surface area contributed by atoms with Crippen LogP contribution in [0, 0.1) is 11.8 Å². The number of rotatable bonds is 10. The molecule has 0 N–H and O–H groups in total. The van der Waals surface area contributed by atoms with E-state index in [0.717, 1.165) is 51.9 Å². The number of ether oxygens (including phenoxy) is 4. The Morgan fingerprint density at radius 3 is 1.66 bits per heavy atom. The molecule has 7 heterocycles. The molecule has 1 aromatic rings. The van der Waals surface area contributed by atoms with E-state index in [1.807, 2.05) is 0 Å². The number of carbonyl (C=O) groups is 4. The highest BCUT2D eigenvalue weighted by atomic mass is 16.5. The molecule has 6 aliphatic rings. The van der Waals surface area contributed by atoms with Crippen LogP contribution in [-0.2, 0) is 28.5 Å². The zero-order valence-corrected chi connectivity index (χ0v) is 22.0. The Bertz CT molecular complexity index is 993. The molecule has 0 amide bonds. The normalized spacial score (nSPS) is 33.8. The summed E-state index contributed by atoms with van der Waals surface area (Å²) in [5, 5.41) is 0. The van der Waals surface area contributed by atoms with Crippen molar-refractivity contribution in [3.8, 4) is 0 Å². The third-order valence-electron chi connectivity index (χ3n) is 8.72. The average Bonchev–Trinajstić information content (AvgIpc) is 2.96. The topological polar surface area (TPSA) is 125 Å². The van der Waals surface area contributed by atoms with Gasteiger partial charge in [0.05, 0.1) is 18.8 Å². The van der Waals surface area contributed by atoms with Gasteiger partial charge in [0.15, 0.2) is 11.6 Å². The molecule has 38 heavy (non-hydrogen) atoms. The smallest absolute Gasteiger partial charge is 0.356 e. The highest BCUT2D eigenvalue weighted by Gasteiger charge is 2.55. The number of hydrogen-bond acceptors (Lipinski definition) is 11. The van der Waals surface area contributed by atoms with Crippen molar-refractivity contribution in [3.63, 3.8) is 0 Å². The molecule has 11 heteroatoms. The number of pyridine rings is 1. The van der Waals surface area contributed by atoms with Crippen molar-refractivity contribution in [2.75, 3.05) is 66.8 Å². The van der Waals surface area contributed by atoms with E-state index in [1.54, 1.807) is 0 Å². The molecule has 1 aromatic heterocycles. The summed E-state index contributed by atoms with van der Waals surface area (Å²) in [6.45, 7) is 3.16. The van der Waals surface area contributed by atoms with Crippen LogP contribution in [0.5, 0.6) is 0 Å². The van der Waals surface area contributed by atoms with Crippen LogP contribution in [0.2, 0.25) is 0 Å². The number of aromatic nitrogens is 1. The summed E-state index contributed by atoms with van der Waals surface area (Å²) in [4.78, 5) is 59.8. The van der Waals surface area contributed by atoms with Gasteiger partial charge in [-0.25, -0.2) is 14.6 Å². The summed E-state index contributed by atoms with van der Waals surface area (Å²) in [6, 6.07) is 2.82. The van der Waals surface area contributed by atoms with E-state index in [0.29, 0.717) is 0 Å². The molecule has 11 nitrogen and oxygen atoms in total. The minimum absolute atomic E-state index is 0.0132. The van der Waals surface area contributed by atoms with Gasteiger partial charge in [0, 0.05) is 58.4 Å². The van der Waals surface area contributed by atoms with Gasteiger partial charge in [0.1, 0.15) is 30.0 Å². The van der Waals surface area contributed by atoms with Gasteiger partial charge in [0.2, 0.25) is 0 Å². The van der Waals surface area contributed by atoms with Crippen molar-refractivity contribution in [2.45, 2.75) is 36.8 Å². The number of esters is 2. The van der Waals surface area contributed by atoms with Crippen LogP contribution in [0.3, 0.4) is 0 Å². The van der Waals surface area contributed by atoms with E-state index < -0.39 is 23.0 Å². The minimum Gasteiger partial charge on any atom is -0.459 e. The van der Waals surface area contributed by atoms with Crippen molar-refractivity contribution in [2.24, 2.45) is 11.8 Å². The summed E-state index contributed by atoms with van der Waals surface area (Å²) >= 11 is 0. The monoisotopic (exact) mass is 529 g/mol. The van der Waals surface area contributed by atoms with Crippen LogP contribution in [0.15, 0.2) is 18.3 Å². The summed E-state index contributed by atoms with van der Waals surface area (Å²) in [5.74, 6) is -1.27. The van der Waals surface area contributed by atoms with Gasteiger partial charge in [-0.1, -0.05) is 0 Å². The Kier molecular flexibility index (Phi) is 7.63. The fourth-order valence-corrected chi connectivity index (χ4v) is 6.58. The molecular weight excluding hydrogens is 494 g/mol. The Labute approximate surface area is 221 Å². The van der Waals surface area contributed by atoms with Crippen molar-refractivity contribution in [3.05, 3.63) is 29.6 Å². The average molecular weight is 530 g/mol. The first-order valence-corrected chi connectivity index (χ1v) is 13.2. The fourth-order valence-electron chi connectivity index (χ4n) is 6.58. The number of fused-ring (bicyclic) bond motifs is 6. The maximum absolute atomic E-state index is 13.1. The third kappa shape index (κ3) is 4.55. The molecule has 206 valence electrons. The van der Waals surface area contributed by atoms with Gasteiger partial charge < -0.3 is 18.9 Å². The molecule has 7 rings (SSSR count). The molecule has 2 atom stereocenters. The van der Waals surface area contributed by atoms with Crippen molar-refractivity contribution in [1.82, 2.24) is 14.8 Å². The largest absolute Gasteiger partial charge is 0.459 e. The first kappa shape index (κ1) is 26.9. The van der Waals surface area contributed by atoms with Gasteiger partial charge in [-0.3, -0.25) is 19.4 Å². The highest BCUT2D eigenvalue weighted by Crippen LogP contribution is 2.38. The molecule has 0 unspecified atom stereocenters. The predicted octanol–water partition coefficient (Wildman–Crippen LogP) is 0.755. The second-order valence-corrected chi connectivity index (χ2v) is 10.8. The number of methoxy groups -OCH3 is 2. The molecule has 0 saturated carbocycles. The van der Waals surface area contributed by atoms with Gasteiger partial charge in [0.25, 0.3) is 0 Å². The first-order valence-electron chi connectivity index (χ1n) is 13.2. The van der Waals surface area contributed by atoms with Crippen LogP contribution >= 0.6 is 0 Å². The summed E-state index contributed by atoms with van der Waals surface area (Å²) < 4.78 is 21.8. The number of nitrogens with zero attached hydrogens (tertiary/aromatic N) is 3. The second kappa shape index (κ2) is 10.8. The summed E-state index contributed by atoms with van der Waals surface area (Å²) in [5.41, 5.74) is -1.77. The molecule has 0 aliphatic carbocycles. The highest BCUT2D eigenvalue weighted by molar-refractivity contribution is 5.95. The van der Waals surface area contributed by atoms with Crippen LogP contribution < -0.4 is 0 Å². The van der Waals surface area contributed by atoms with E-state index in [9.17, 15) is 19.2 Å². The zero-order valence-electron chi connectivity index (χ0n) is 22.0. The van der Waals surface area contributed by atoms with Crippen LogP contribution in [0.25, 0.3) is 0 Å². The Morgan fingerprint density at radius 2 is 1.26 bits per heavy atom. The van der Waals surface area contributed by atoms with Gasteiger partial charge in [-0.05, 0) is 37.8 Å². The zero-order chi connectivity index (χ0) is 26.9. The molecule has 0 spiro atoms. The lowest BCUT2D eigenvalue weighted by atomic mass is 9.74. The van der Waals surface area contributed by atoms with Crippen molar-refractivity contribution in [1.29, 1.82) is 0 Å². The molecule has 6 fully saturated rings. The fraction of sp³-hybridized carbons (Fsp3) is 0.667. The Hall–Kier alpha value is -2.73. The predicted molar refractivity (Wildman–Crippen MR) is 133 cm³/mol. The van der Waals surface area contributed by atoms with Crippen molar-refractivity contribution >= 4 is 23.5 Å². The lowest BCUT2D eigenvalue weighted by Gasteiger charge is -2.51. The van der Waals surface area contributed by atoms with E-state index >= 15 is 0 Å². The Balaban J connectivity index is 1.20. The van der Waals surface area contributed by atoms with Crippen LogP contribution in [-0.4, -0.2) is 116 Å². The van der Waals surface area contributed by atoms with Gasteiger partial charge in [-0.15, -0.1) is 0 Å². The van der Waals surface area contributed by atoms with E-state index in [1.165, 1.54) is 32.5 Å². The van der Waals surface area contributed by atoms with Gasteiger partial charge in [-0.2, -0.15) is 0 Å². The SMILES string of the molecule is COC[C@@]1(COC(=O)c2ccc(C(=O)OC[C@]3(COC)C(=O)C4CCN3CC4)nc2)C(=O)C2CCN1CC2. The molecular formula is C27H35N3O8. The quantitative estimate of drug-likeness (QED) is 0.399. The van der Waals surface area contributed by atoms with Crippen LogP contribution in [0.1, 0.15) is 46.5 Å². The lowest BCUT2D eigenvalue weighted by molar-refractivity contribution is -0.159. The van der Waals surface area contributed by atoms with Gasteiger partial charge >= 0.3 is 11.9 Å². The number of Topliss-reactive ketones (excluding diaryl/α,β-unsaturated/α-hetero) is 2. The maximum Gasteiger partial charge on any atom is 0.356 e. The summed E-state index contributed by atoms with van der Waals surface area (Å²) in [7, 11) is 3.06. The number of piperidine rings is 6. The third-order valence-corrected chi connectivity index (χ3v) is 8.72. The first-order chi connectivity index (χ1) is 18.3. The maximum atomic E-state index is 13.1.